The van der Waals surface area contributed by atoms with E-state index < -0.39 is 62.5 Å². The summed E-state index contributed by atoms with van der Waals surface area (Å²) in [6.07, 6.45) is 3.03. The summed E-state index contributed by atoms with van der Waals surface area (Å²) in [5, 5.41) is 29.4. The Hall–Kier alpha value is -3.87. The van der Waals surface area contributed by atoms with Crippen LogP contribution in [0.25, 0.3) is 0 Å². The second-order valence-electron chi connectivity index (χ2n) is 13.3. The van der Waals surface area contributed by atoms with Crippen LogP contribution in [0.1, 0.15) is 86.3 Å². The molecule has 1 aliphatic rings. The van der Waals surface area contributed by atoms with Crippen LogP contribution < -0.4 is 16.0 Å². The fourth-order valence-electron chi connectivity index (χ4n) is 6.36. The number of phenols is 1. The van der Waals surface area contributed by atoms with Crippen molar-refractivity contribution in [1.29, 1.82) is 0 Å². The number of halogens is 2. The summed E-state index contributed by atoms with van der Waals surface area (Å²) in [7, 11) is -3.91. The van der Waals surface area contributed by atoms with E-state index in [2.05, 4.69) is 28.9 Å². The highest BCUT2D eigenvalue weighted by atomic mass is 32.2. The van der Waals surface area contributed by atoms with E-state index >= 15 is 0 Å². The van der Waals surface area contributed by atoms with E-state index in [1.807, 2.05) is 32.0 Å². The molecule has 0 saturated heterocycles. The predicted molar refractivity (Wildman–Crippen MR) is 189 cm³/mol. The Morgan fingerprint density at radius 3 is 2.14 bits per heavy atom. The Bertz CT molecular complexity index is 1710. The lowest BCUT2D eigenvalue weighted by Crippen LogP contribution is -2.57. The molecule has 3 aromatic rings. The number of aliphatic hydroxyl groups is 1. The maximum Gasteiger partial charge on any atom is 0.252 e. The number of carbonyl (C=O) groups is 2. The molecule has 0 bridgehead atoms. The van der Waals surface area contributed by atoms with E-state index in [9.17, 15) is 37.0 Å². The molecule has 0 aromatic heterocycles. The smallest absolute Gasteiger partial charge is 0.252 e. The number of sulfone groups is 1. The molecule has 2 amide bonds. The lowest BCUT2D eigenvalue weighted by atomic mass is 9.98. The zero-order valence-electron chi connectivity index (χ0n) is 28.9. The number of hydrogen-bond donors (Lipinski definition) is 5. The van der Waals surface area contributed by atoms with Gasteiger partial charge in [0, 0.05) is 23.7 Å². The molecule has 9 nitrogen and oxygen atoms in total. The van der Waals surface area contributed by atoms with Crippen LogP contribution in [0.15, 0.2) is 66.7 Å². The van der Waals surface area contributed by atoms with Gasteiger partial charge in [0.2, 0.25) is 5.91 Å². The van der Waals surface area contributed by atoms with Crippen LogP contribution in [-0.2, 0) is 33.0 Å². The highest BCUT2D eigenvalue weighted by Crippen LogP contribution is 2.45. The van der Waals surface area contributed by atoms with Gasteiger partial charge >= 0.3 is 0 Å². The topological polar surface area (TPSA) is 145 Å². The summed E-state index contributed by atoms with van der Waals surface area (Å²) in [6, 6.07) is 13.8. The van der Waals surface area contributed by atoms with Crippen LogP contribution in [0.5, 0.6) is 5.75 Å². The van der Waals surface area contributed by atoms with Gasteiger partial charge in [-0.3, -0.25) is 9.59 Å². The van der Waals surface area contributed by atoms with Crippen LogP contribution in [-0.4, -0.2) is 66.2 Å². The molecule has 12 heteroatoms. The van der Waals surface area contributed by atoms with Gasteiger partial charge in [0.15, 0.2) is 9.84 Å². The molecule has 0 unspecified atom stereocenters. The zero-order chi connectivity index (χ0) is 36.5. The number of aryl methyl sites for hydroxylation is 1. The van der Waals surface area contributed by atoms with E-state index in [1.54, 1.807) is 0 Å². The molecular formula is C38H49F2N3O6S. The van der Waals surface area contributed by atoms with Crippen molar-refractivity contribution in [3.8, 4) is 5.75 Å². The molecule has 4 rings (SSSR count). The first kappa shape index (κ1) is 38.9. The number of hydrogen-bond acceptors (Lipinski definition) is 7. The van der Waals surface area contributed by atoms with Gasteiger partial charge in [0.25, 0.3) is 5.91 Å². The normalized spacial score (nSPS) is 15.7. The number of nitrogens with one attached hydrogen (secondary N) is 3. The van der Waals surface area contributed by atoms with Crippen molar-refractivity contribution in [2.45, 2.75) is 101 Å². The van der Waals surface area contributed by atoms with Crippen molar-refractivity contribution >= 4 is 21.7 Å². The SMILES string of the molecule is CCCC(CCC)S(=O)(=O)C[C@@H](NC(=O)c1cccc(O)c1)C(=O)N[C@@H](Cc1cc(F)cc(F)c1)[C@H](O)CNC1(c2cccc(CC)c2)CC1. The van der Waals surface area contributed by atoms with Crippen molar-refractivity contribution in [2.24, 2.45) is 0 Å². The van der Waals surface area contributed by atoms with E-state index in [1.165, 1.54) is 29.8 Å². The molecule has 0 radical (unpaired) electrons. The van der Waals surface area contributed by atoms with Crippen LogP contribution in [0.2, 0.25) is 0 Å². The van der Waals surface area contributed by atoms with Gasteiger partial charge in [0.05, 0.1) is 23.1 Å². The minimum atomic E-state index is -3.91. The van der Waals surface area contributed by atoms with E-state index in [0.29, 0.717) is 25.7 Å². The fourth-order valence-corrected chi connectivity index (χ4v) is 8.52. The average Bonchev–Trinajstić information content (AvgIpc) is 3.87. The van der Waals surface area contributed by atoms with Crippen molar-refractivity contribution < 1.29 is 37.0 Å². The standard InChI is InChI=1S/C38H49F2N3O6S/c1-4-9-32(10-5-2)50(48,49)24-34(43-36(46)27-12-8-14-31(44)21-27)37(47)42-33(20-26-18-29(39)22-30(40)19-26)35(45)23-41-38(15-16-38)28-13-7-11-25(6-3)17-28/h7-8,11-14,17-19,21-22,32-35,41,44-45H,4-6,9-10,15-16,20,23-24H2,1-3H3,(H,42,47)(H,43,46)/t33-,34+,35+/m0/s1. The maximum atomic E-state index is 14.2. The summed E-state index contributed by atoms with van der Waals surface area (Å²) in [6.45, 7) is 5.81. The monoisotopic (exact) mass is 713 g/mol. The lowest BCUT2D eigenvalue weighted by molar-refractivity contribution is -0.124. The Kier molecular flexibility index (Phi) is 13.5. The van der Waals surface area contributed by atoms with Crippen LogP contribution >= 0.6 is 0 Å². The summed E-state index contributed by atoms with van der Waals surface area (Å²) >= 11 is 0. The third-order valence-electron chi connectivity index (χ3n) is 9.32. The second-order valence-corrected chi connectivity index (χ2v) is 15.6. The number of aromatic hydroxyl groups is 1. The number of aliphatic hydroxyl groups excluding tert-OH is 1. The Morgan fingerprint density at radius 2 is 1.54 bits per heavy atom. The van der Waals surface area contributed by atoms with E-state index in [0.717, 1.165) is 43.0 Å². The average molecular weight is 714 g/mol. The molecule has 1 aliphatic carbocycles. The molecule has 0 spiro atoms. The Labute approximate surface area is 293 Å². The fraction of sp³-hybridized carbons (Fsp3) is 0.474. The molecule has 5 N–H and O–H groups in total. The molecule has 272 valence electrons. The molecule has 3 aromatic carbocycles. The second kappa shape index (κ2) is 17.4. The van der Waals surface area contributed by atoms with Gasteiger partial charge in [-0.2, -0.15) is 0 Å². The molecule has 3 atom stereocenters. The Balaban J connectivity index is 1.62. The Morgan fingerprint density at radius 1 is 0.880 bits per heavy atom. The van der Waals surface area contributed by atoms with Crippen LogP contribution in [0.4, 0.5) is 8.78 Å². The molecule has 1 saturated carbocycles. The number of rotatable bonds is 19. The first-order valence-corrected chi connectivity index (χ1v) is 19.1. The lowest BCUT2D eigenvalue weighted by Gasteiger charge is -2.29. The van der Waals surface area contributed by atoms with Gasteiger partial charge < -0.3 is 26.2 Å². The molecular weight excluding hydrogens is 664 g/mol. The van der Waals surface area contributed by atoms with Gasteiger partial charge in [-0.1, -0.05) is 63.9 Å². The first-order chi connectivity index (χ1) is 23.8. The first-order valence-electron chi connectivity index (χ1n) is 17.4. The van der Waals surface area contributed by atoms with Gasteiger partial charge in [-0.25, -0.2) is 17.2 Å². The number of carbonyl (C=O) groups excluding carboxylic acids is 2. The van der Waals surface area contributed by atoms with Gasteiger partial charge in [-0.05, 0) is 85.5 Å². The van der Waals surface area contributed by atoms with Gasteiger partial charge in [0.1, 0.15) is 23.4 Å². The quantitative estimate of drug-likeness (QED) is 0.117. The van der Waals surface area contributed by atoms with Crippen LogP contribution in [0.3, 0.4) is 0 Å². The summed E-state index contributed by atoms with van der Waals surface area (Å²) in [5.41, 5.74) is 2.05. The number of benzene rings is 3. The molecule has 50 heavy (non-hydrogen) atoms. The highest BCUT2D eigenvalue weighted by Gasteiger charge is 2.44. The third kappa shape index (κ3) is 10.6. The highest BCUT2D eigenvalue weighted by molar-refractivity contribution is 7.92. The maximum absolute atomic E-state index is 14.2. The third-order valence-corrected chi connectivity index (χ3v) is 11.6. The predicted octanol–water partition coefficient (Wildman–Crippen LogP) is 5.08. The molecule has 0 heterocycles. The van der Waals surface area contributed by atoms with Crippen molar-refractivity contribution in [3.05, 3.63) is 101 Å². The van der Waals surface area contributed by atoms with Crippen molar-refractivity contribution in [1.82, 2.24) is 16.0 Å². The number of amides is 2. The largest absolute Gasteiger partial charge is 0.508 e. The van der Waals surface area contributed by atoms with Crippen LogP contribution in [0, 0.1) is 11.6 Å². The van der Waals surface area contributed by atoms with Crippen molar-refractivity contribution in [3.63, 3.8) is 0 Å². The van der Waals surface area contributed by atoms with Crippen molar-refractivity contribution in [2.75, 3.05) is 12.3 Å². The minimum Gasteiger partial charge on any atom is -0.508 e. The minimum absolute atomic E-state index is 0.00673. The zero-order valence-corrected chi connectivity index (χ0v) is 29.7. The summed E-state index contributed by atoms with van der Waals surface area (Å²) in [4.78, 5) is 27.3. The summed E-state index contributed by atoms with van der Waals surface area (Å²) in [5.74, 6) is -4.22. The van der Waals surface area contributed by atoms with Gasteiger partial charge in [-0.15, -0.1) is 0 Å². The molecule has 0 aliphatic heterocycles. The summed E-state index contributed by atoms with van der Waals surface area (Å²) < 4.78 is 55.8. The number of phenolic OH excluding ortho intramolecular Hbond substituents is 1. The molecule has 1 fully saturated rings. The van der Waals surface area contributed by atoms with E-state index in [4.69, 9.17) is 0 Å². The van der Waals surface area contributed by atoms with E-state index in [-0.39, 0.29) is 35.4 Å².